The Morgan fingerprint density at radius 1 is 1.11 bits per heavy atom. The second kappa shape index (κ2) is 5.83. The summed E-state index contributed by atoms with van der Waals surface area (Å²) in [5.41, 5.74) is 1.28. The predicted octanol–water partition coefficient (Wildman–Crippen LogP) is 4.98. The van der Waals surface area contributed by atoms with Crippen LogP contribution >= 0.6 is 47.8 Å². The van der Waals surface area contributed by atoms with Crippen molar-refractivity contribution in [3.63, 3.8) is 0 Å². The molecule has 1 heterocycles. The fourth-order valence-corrected chi connectivity index (χ4v) is 2.80. The van der Waals surface area contributed by atoms with Gasteiger partial charge in [0.15, 0.2) is 0 Å². The number of aromatic nitrogens is 1. The van der Waals surface area contributed by atoms with E-state index in [2.05, 4.69) is 64.2 Å². The number of nitrogens with zero attached hydrogens (tertiary/aromatic N) is 2. The smallest absolute Gasteiger partial charge is 0.144 e. The molecule has 1 N–H and O–H groups in total. The molecule has 0 saturated heterocycles. The van der Waals surface area contributed by atoms with Crippen LogP contribution < -0.4 is 5.32 Å². The summed E-state index contributed by atoms with van der Waals surface area (Å²) in [5, 5.41) is 12.2. The maximum Gasteiger partial charge on any atom is 0.144 e. The summed E-state index contributed by atoms with van der Waals surface area (Å²) in [6.07, 6.45) is 1.69. The van der Waals surface area contributed by atoms with Gasteiger partial charge in [0, 0.05) is 15.1 Å². The van der Waals surface area contributed by atoms with E-state index >= 15 is 0 Å². The van der Waals surface area contributed by atoms with E-state index in [0.29, 0.717) is 11.4 Å². The van der Waals surface area contributed by atoms with Crippen molar-refractivity contribution in [3.8, 4) is 6.07 Å². The fourth-order valence-electron chi connectivity index (χ4n) is 1.35. The van der Waals surface area contributed by atoms with Crippen molar-refractivity contribution in [1.82, 2.24) is 4.98 Å². The highest BCUT2D eigenvalue weighted by atomic mass is 79.9. The highest BCUT2D eigenvalue weighted by molar-refractivity contribution is 9.11. The van der Waals surface area contributed by atoms with E-state index in [1.54, 1.807) is 12.3 Å². The summed E-state index contributed by atoms with van der Waals surface area (Å²) in [7, 11) is 0. The van der Waals surface area contributed by atoms with Crippen LogP contribution in [0, 0.1) is 11.3 Å². The molecule has 3 nitrogen and oxygen atoms in total. The Labute approximate surface area is 130 Å². The molecule has 1 aromatic heterocycles. The van der Waals surface area contributed by atoms with Crippen molar-refractivity contribution in [3.05, 3.63) is 49.4 Å². The zero-order valence-corrected chi connectivity index (χ0v) is 13.7. The van der Waals surface area contributed by atoms with Crippen molar-refractivity contribution in [2.24, 2.45) is 0 Å². The lowest BCUT2D eigenvalue weighted by Gasteiger charge is -2.09. The lowest BCUT2D eigenvalue weighted by molar-refractivity contribution is 1.27. The average Bonchev–Trinajstić information content (AvgIpc) is 2.34. The summed E-state index contributed by atoms with van der Waals surface area (Å²) in [6, 6.07) is 9.49. The number of hydrogen-bond donors (Lipinski definition) is 1. The lowest BCUT2D eigenvalue weighted by Crippen LogP contribution is -1.97. The van der Waals surface area contributed by atoms with Gasteiger partial charge in [-0.1, -0.05) is 15.9 Å². The third kappa shape index (κ3) is 3.10. The van der Waals surface area contributed by atoms with Gasteiger partial charge in [-0.2, -0.15) is 5.26 Å². The Hall–Kier alpha value is -0.900. The van der Waals surface area contributed by atoms with Crippen LogP contribution in [0.4, 0.5) is 11.5 Å². The van der Waals surface area contributed by atoms with Gasteiger partial charge in [-0.15, -0.1) is 0 Å². The second-order valence-electron chi connectivity index (χ2n) is 3.41. The highest BCUT2D eigenvalue weighted by Gasteiger charge is 2.07. The first-order chi connectivity index (χ1) is 8.60. The monoisotopic (exact) mass is 429 g/mol. The van der Waals surface area contributed by atoms with Gasteiger partial charge in [0.2, 0.25) is 0 Å². The van der Waals surface area contributed by atoms with E-state index in [-0.39, 0.29) is 0 Å². The fraction of sp³-hybridized carbons (Fsp3) is 0. The highest BCUT2D eigenvalue weighted by Crippen LogP contribution is 2.28. The first-order valence-corrected chi connectivity index (χ1v) is 7.26. The number of hydrogen-bond acceptors (Lipinski definition) is 3. The Morgan fingerprint density at radius 3 is 2.56 bits per heavy atom. The van der Waals surface area contributed by atoms with Crippen LogP contribution in [0.3, 0.4) is 0 Å². The molecule has 0 radical (unpaired) electrons. The number of benzene rings is 1. The van der Waals surface area contributed by atoms with Gasteiger partial charge in [0.05, 0.1) is 15.7 Å². The molecular formula is C12H6Br3N3. The topological polar surface area (TPSA) is 48.7 Å². The maximum atomic E-state index is 9.08. The minimum atomic E-state index is 0.556. The number of anilines is 2. The van der Waals surface area contributed by atoms with Gasteiger partial charge in [-0.3, -0.25) is 0 Å². The number of nitriles is 1. The standard InChI is InChI=1S/C12H6Br3N3/c13-8-1-2-11(7(3-8)5-16)18-12-10(15)4-9(14)6-17-12/h1-4,6H,(H,17,18). The van der Waals surface area contributed by atoms with E-state index in [9.17, 15) is 0 Å². The quantitative estimate of drug-likeness (QED) is 0.729. The lowest BCUT2D eigenvalue weighted by atomic mass is 10.2. The summed E-state index contributed by atoms with van der Waals surface area (Å²) >= 11 is 10.1. The van der Waals surface area contributed by atoms with Crippen LogP contribution in [0.1, 0.15) is 5.56 Å². The Kier molecular flexibility index (Phi) is 4.38. The molecule has 0 fully saturated rings. The third-order valence-electron chi connectivity index (χ3n) is 2.16. The predicted molar refractivity (Wildman–Crippen MR) is 81.8 cm³/mol. The zero-order valence-electron chi connectivity index (χ0n) is 8.92. The van der Waals surface area contributed by atoms with Gasteiger partial charge in [0.25, 0.3) is 0 Å². The van der Waals surface area contributed by atoms with E-state index < -0.39 is 0 Å². The van der Waals surface area contributed by atoms with Crippen molar-refractivity contribution >= 4 is 59.3 Å². The minimum absolute atomic E-state index is 0.556. The summed E-state index contributed by atoms with van der Waals surface area (Å²) in [4.78, 5) is 4.24. The molecule has 2 aromatic rings. The van der Waals surface area contributed by atoms with E-state index in [0.717, 1.165) is 19.1 Å². The molecular weight excluding hydrogens is 426 g/mol. The number of nitrogens with one attached hydrogen (secondary N) is 1. The van der Waals surface area contributed by atoms with Crippen LogP contribution in [0.25, 0.3) is 0 Å². The first-order valence-electron chi connectivity index (χ1n) is 4.88. The van der Waals surface area contributed by atoms with Crippen molar-refractivity contribution < 1.29 is 0 Å². The van der Waals surface area contributed by atoms with Gasteiger partial charge >= 0.3 is 0 Å². The summed E-state index contributed by atoms with van der Waals surface area (Å²) in [6.45, 7) is 0. The molecule has 0 saturated carbocycles. The van der Waals surface area contributed by atoms with Crippen LogP contribution in [0.5, 0.6) is 0 Å². The third-order valence-corrected chi connectivity index (χ3v) is 3.69. The minimum Gasteiger partial charge on any atom is -0.338 e. The largest absolute Gasteiger partial charge is 0.338 e. The SMILES string of the molecule is N#Cc1cc(Br)ccc1Nc1ncc(Br)cc1Br. The molecule has 0 amide bonds. The van der Waals surface area contributed by atoms with Crippen molar-refractivity contribution in [2.75, 3.05) is 5.32 Å². The number of pyridine rings is 1. The van der Waals surface area contributed by atoms with E-state index in [1.165, 1.54) is 0 Å². The van der Waals surface area contributed by atoms with E-state index in [4.69, 9.17) is 5.26 Å². The molecule has 0 aliphatic rings. The zero-order chi connectivity index (χ0) is 13.1. The summed E-state index contributed by atoms with van der Waals surface area (Å²) in [5.74, 6) is 0.664. The Bertz CT molecular complexity index is 635. The average molecular weight is 432 g/mol. The summed E-state index contributed by atoms with van der Waals surface area (Å²) < 4.78 is 2.58. The molecule has 0 bridgehead atoms. The molecule has 0 unspecified atom stereocenters. The van der Waals surface area contributed by atoms with Crippen molar-refractivity contribution in [1.29, 1.82) is 5.26 Å². The molecule has 6 heteroatoms. The molecule has 0 aliphatic heterocycles. The van der Waals surface area contributed by atoms with Crippen LogP contribution in [0.2, 0.25) is 0 Å². The van der Waals surface area contributed by atoms with Crippen LogP contribution in [0.15, 0.2) is 43.9 Å². The molecule has 0 aliphatic carbocycles. The normalized spacial score (nSPS) is 9.89. The first kappa shape index (κ1) is 13.5. The van der Waals surface area contributed by atoms with Gasteiger partial charge < -0.3 is 5.32 Å². The molecule has 90 valence electrons. The number of halogens is 3. The van der Waals surface area contributed by atoms with Crippen LogP contribution in [-0.4, -0.2) is 4.98 Å². The van der Waals surface area contributed by atoms with Gasteiger partial charge in [-0.05, 0) is 56.1 Å². The molecule has 2 rings (SSSR count). The van der Waals surface area contributed by atoms with Crippen LogP contribution in [-0.2, 0) is 0 Å². The van der Waals surface area contributed by atoms with Gasteiger partial charge in [-0.25, -0.2) is 4.98 Å². The number of rotatable bonds is 2. The van der Waals surface area contributed by atoms with Gasteiger partial charge in [0.1, 0.15) is 11.9 Å². The maximum absolute atomic E-state index is 9.08. The molecule has 0 spiro atoms. The molecule has 0 atom stereocenters. The molecule has 1 aromatic carbocycles. The Balaban J connectivity index is 2.37. The van der Waals surface area contributed by atoms with Crippen molar-refractivity contribution in [2.45, 2.75) is 0 Å². The van der Waals surface area contributed by atoms with E-state index in [1.807, 2.05) is 18.2 Å². The second-order valence-corrected chi connectivity index (χ2v) is 6.10. The Morgan fingerprint density at radius 2 is 1.89 bits per heavy atom. The molecule has 18 heavy (non-hydrogen) atoms.